The average Bonchev–Trinajstić information content (AvgIpc) is 2.52. The molecule has 0 unspecified atom stereocenters. The van der Waals surface area contributed by atoms with Crippen molar-refractivity contribution in [3.8, 4) is 0 Å². The second-order valence-electron chi connectivity index (χ2n) is 4.88. The lowest BCUT2D eigenvalue weighted by Gasteiger charge is -2.31. The first-order valence-electron chi connectivity index (χ1n) is 6.70. The van der Waals surface area contributed by atoms with Crippen molar-refractivity contribution in [2.45, 2.75) is 33.1 Å². The summed E-state index contributed by atoms with van der Waals surface area (Å²) in [7, 11) is 0. The molecule has 0 saturated carbocycles. The molecular weight excluding hydrogens is 210 g/mol. The highest BCUT2D eigenvalue weighted by atomic mass is 16.5. The second-order valence-corrected chi connectivity index (χ2v) is 4.88. The van der Waals surface area contributed by atoms with E-state index in [4.69, 9.17) is 4.74 Å². The molecule has 17 heavy (non-hydrogen) atoms. The van der Waals surface area contributed by atoms with E-state index in [1.165, 1.54) is 24.1 Å². The SMILES string of the molecule is CCCC1=CC=CC(N2CCOCC2)=C(C)C1. The van der Waals surface area contributed by atoms with Crippen molar-refractivity contribution in [1.82, 2.24) is 4.90 Å². The molecule has 0 aromatic rings. The zero-order chi connectivity index (χ0) is 12.1. The van der Waals surface area contributed by atoms with Crippen molar-refractivity contribution in [2.24, 2.45) is 0 Å². The van der Waals surface area contributed by atoms with Crippen molar-refractivity contribution < 1.29 is 4.74 Å². The summed E-state index contributed by atoms with van der Waals surface area (Å²) in [6.07, 6.45) is 10.4. The molecule has 0 aromatic heterocycles. The smallest absolute Gasteiger partial charge is 0.0642 e. The Kier molecular flexibility index (Phi) is 4.43. The Morgan fingerprint density at radius 3 is 2.76 bits per heavy atom. The van der Waals surface area contributed by atoms with Crippen LogP contribution >= 0.6 is 0 Å². The van der Waals surface area contributed by atoms with Gasteiger partial charge in [0.1, 0.15) is 0 Å². The van der Waals surface area contributed by atoms with Crippen molar-refractivity contribution in [3.05, 3.63) is 35.1 Å². The lowest BCUT2D eigenvalue weighted by atomic mass is 10.0. The zero-order valence-corrected chi connectivity index (χ0v) is 11.0. The van der Waals surface area contributed by atoms with Crippen LogP contribution in [0.1, 0.15) is 33.1 Å². The van der Waals surface area contributed by atoms with Gasteiger partial charge in [-0.1, -0.05) is 31.1 Å². The van der Waals surface area contributed by atoms with E-state index in [-0.39, 0.29) is 0 Å². The summed E-state index contributed by atoms with van der Waals surface area (Å²) in [5.74, 6) is 0. The first-order chi connectivity index (χ1) is 8.31. The van der Waals surface area contributed by atoms with E-state index in [1.54, 1.807) is 5.57 Å². The molecule has 2 aliphatic rings. The summed E-state index contributed by atoms with van der Waals surface area (Å²) in [6, 6.07) is 0. The number of hydrogen-bond donors (Lipinski definition) is 0. The molecule has 0 radical (unpaired) electrons. The summed E-state index contributed by atoms with van der Waals surface area (Å²) in [5, 5.41) is 0. The first-order valence-corrected chi connectivity index (χ1v) is 6.70. The highest BCUT2D eigenvalue weighted by molar-refractivity contribution is 5.34. The molecule has 1 aliphatic carbocycles. The minimum absolute atomic E-state index is 0.861. The lowest BCUT2D eigenvalue weighted by Crippen LogP contribution is -2.35. The highest BCUT2D eigenvalue weighted by Gasteiger charge is 2.15. The van der Waals surface area contributed by atoms with Gasteiger partial charge in [-0.05, 0) is 31.4 Å². The third-order valence-corrected chi connectivity index (χ3v) is 3.44. The summed E-state index contributed by atoms with van der Waals surface area (Å²) in [4.78, 5) is 2.46. The summed E-state index contributed by atoms with van der Waals surface area (Å²) in [6.45, 7) is 8.29. The van der Waals surface area contributed by atoms with Gasteiger partial charge in [0.25, 0.3) is 0 Å². The first kappa shape index (κ1) is 12.4. The Labute approximate surface area is 105 Å². The molecular formula is C15H23NO. The quantitative estimate of drug-likeness (QED) is 0.741. The number of rotatable bonds is 3. The van der Waals surface area contributed by atoms with Crippen LogP contribution in [0.25, 0.3) is 0 Å². The van der Waals surface area contributed by atoms with Crippen LogP contribution in [-0.4, -0.2) is 31.2 Å². The lowest BCUT2D eigenvalue weighted by molar-refractivity contribution is 0.0549. The van der Waals surface area contributed by atoms with Gasteiger partial charge in [0.15, 0.2) is 0 Å². The number of morpholine rings is 1. The molecule has 94 valence electrons. The van der Waals surface area contributed by atoms with E-state index in [2.05, 4.69) is 37.0 Å². The standard InChI is InChI=1S/C15H23NO/c1-3-5-14-6-4-7-15(13(2)12-14)16-8-10-17-11-9-16/h4,6-7H,3,5,8-12H2,1-2H3. The van der Waals surface area contributed by atoms with Crippen molar-refractivity contribution in [2.75, 3.05) is 26.3 Å². The van der Waals surface area contributed by atoms with Crippen LogP contribution in [0, 0.1) is 0 Å². The molecule has 1 fully saturated rings. The number of nitrogens with zero attached hydrogens (tertiary/aromatic N) is 1. The van der Waals surface area contributed by atoms with Gasteiger partial charge in [0, 0.05) is 18.8 Å². The van der Waals surface area contributed by atoms with Crippen molar-refractivity contribution in [1.29, 1.82) is 0 Å². The van der Waals surface area contributed by atoms with E-state index in [0.29, 0.717) is 0 Å². The topological polar surface area (TPSA) is 12.5 Å². The van der Waals surface area contributed by atoms with Gasteiger partial charge in [-0.3, -0.25) is 0 Å². The molecule has 1 aliphatic heterocycles. The molecule has 0 bridgehead atoms. The van der Waals surface area contributed by atoms with Crippen LogP contribution < -0.4 is 0 Å². The summed E-state index contributed by atoms with van der Waals surface area (Å²) in [5.41, 5.74) is 4.47. The fourth-order valence-corrected chi connectivity index (χ4v) is 2.58. The third kappa shape index (κ3) is 3.22. The van der Waals surface area contributed by atoms with E-state index in [1.807, 2.05) is 0 Å². The maximum atomic E-state index is 5.42. The Balaban J connectivity index is 2.09. The third-order valence-electron chi connectivity index (χ3n) is 3.44. The van der Waals surface area contributed by atoms with E-state index in [9.17, 15) is 0 Å². The Bertz CT molecular complexity index is 346. The Hall–Kier alpha value is -1.02. The maximum absolute atomic E-state index is 5.42. The van der Waals surface area contributed by atoms with Crippen molar-refractivity contribution in [3.63, 3.8) is 0 Å². The van der Waals surface area contributed by atoms with Gasteiger partial charge in [-0.15, -0.1) is 0 Å². The molecule has 0 aromatic carbocycles. The number of allylic oxidation sites excluding steroid dienone is 5. The summed E-state index contributed by atoms with van der Waals surface area (Å²) >= 11 is 0. The molecule has 0 amide bonds. The zero-order valence-electron chi connectivity index (χ0n) is 11.0. The average molecular weight is 233 g/mol. The maximum Gasteiger partial charge on any atom is 0.0642 e. The predicted molar refractivity (Wildman–Crippen MR) is 71.8 cm³/mol. The minimum Gasteiger partial charge on any atom is -0.378 e. The fraction of sp³-hybridized carbons (Fsp3) is 0.600. The molecule has 1 saturated heterocycles. The van der Waals surface area contributed by atoms with Crippen LogP contribution in [0.5, 0.6) is 0 Å². The molecule has 0 spiro atoms. The number of ether oxygens (including phenoxy) is 1. The van der Waals surface area contributed by atoms with Crippen LogP contribution in [0.15, 0.2) is 35.1 Å². The van der Waals surface area contributed by atoms with Gasteiger partial charge < -0.3 is 9.64 Å². The van der Waals surface area contributed by atoms with Crippen LogP contribution in [-0.2, 0) is 4.74 Å². The van der Waals surface area contributed by atoms with Gasteiger partial charge >= 0.3 is 0 Å². The fourth-order valence-electron chi connectivity index (χ4n) is 2.58. The molecule has 0 atom stereocenters. The normalized spacial score (nSPS) is 21.5. The highest BCUT2D eigenvalue weighted by Crippen LogP contribution is 2.25. The minimum atomic E-state index is 0.861. The van der Waals surface area contributed by atoms with E-state index < -0.39 is 0 Å². The molecule has 1 heterocycles. The van der Waals surface area contributed by atoms with Crippen LogP contribution in [0.2, 0.25) is 0 Å². The molecule has 2 nitrogen and oxygen atoms in total. The molecule has 2 rings (SSSR count). The number of hydrogen-bond acceptors (Lipinski definition) is 2. The van der Waals surface area contributed by atoms with E-state index >= 15 is 0 Å². The largest absolute Gasteiger partial charge is 0.378 e. The van der Waals surface area contributed by atoms with Gasteiger partial charge in [0.2, 0.25) is 0 Å². The Morgan fingerprint density at radius 1 is 1.29 bits per heavy atom. The molecule has 0 N–H and O–H groups in total. The van der Waals surface area contributed by atoms with Gasteiger partial charge in [-0.2, -0.15) is 0 Å². The van der Waals surface area contributed by atoms with Gasteiger partial charge in [-0.25, -0.2) is 0 Å². The van der Waals surface area contributed by atoms with Crippen LogP contribution in [0.4, 0.5) is 0 Å². The van der Waals surface area contributed by atoms with Crippen LogP contribution in [0.3, 0.4) is 0 Å². The summed E-state index contributed by atoms with van der Waals surface area (Å²) < 4.78 is 5.42. The van der Waals surface area contributed by atoms with Gasteiger partial charge in [0.05, 0.1) is 13.2 Å². The predicted octanol–water partition coefficient (Wildman–Crippen LogP) is 3.28. The van der Waals surface area contributed by atoms with E-state index in [0.717, 1.165) is 32.7 Å². The molecule has 2 heteroatoms. The van der Waals surface area contributed by atoms with Crippen molar-refractivity contribution >= 4 is 0 Å². The second kappa shape index (κ2) is 6.06. The Morgan fingerprint density at radius 2 is 2.06 bits per heavy atom. The monoisotopic (exact) mass is 233 g/mol.